The molecule has 0 radical (unpaired) electrons. The second kappa shape index (κ2) is 10.6. The van der Waals surface area contributed by atoms with Gasteiger partial charge in [-0.05, 0) is 18.6 Å². The molecule has 18 heavy (non-hydrogen) atoms. The number of benzene rings is 1. The van der Waals surface area contributed by atoms with E-state index in [2.05, 4.69) is 0 Å². The largest absolute Gasteiger partial charge is 0.493 e. The minimum Gasteiger partial charge on any atom is -0.493 e. The molecule has 1 aromatic rings. The van der Waals surface area contributed by atoms with Gasteiger partial charge in [-0.25, -0.2) is 0 Å². The molecule has 2 N–H and O–H groups in total. The Morgan fingerprint density at radius 2 is 1.28 bits per heavy atom. The summed E-state index contributed by atoms with van der Waals surface area (Å²) in [4.78, 5) is 0. The van der Waals surface area contributed by atoms with Gasteiger partial charge in [-0.2, -0.15) is 0 Å². The molecule has 0 bridgehead atoms. The quantitative estimate of drug-likeness (QED) is 0.840. The van der Waals surface area contributed by atoms with E-state index in [1.54, 1.807) is 21.3 Å². The highest BCUT2D eigenvalue weighted by molar-refractivity contribution is 5.69. The lowest BCUT2D eigenvalue weighted by atomic mass is 10.1. The van der Waals surface area contributed by atoms with Crippen LogP contribution in [0, 0.1) is 6.92 Å². The van der Waals surface area contributed by atoms with E-state index in [9.17, 15) is 0 Å². The Kier molecular flexibility index (Phi) is 11.0. The van der Waals surface area contributed by atoms with E-state index in [1.165, 1.54) is 0 Å². The fraction of sp³-hybridized carbons (Fsp3) is 0.571. The number of anilines is 1. The van der Waals surface area contributed by atoms with Crippen LogP contribution < -0.4 is 19.9 Å². The standard InChI is InChI=1S/C10H15NO3.2C2H6/c1-6-5-7(12-2)9(13-3)10(14-4)8(6)11;2*1-2/h5H,11H2,1-4H3;2*1-2H3. The Morgan fingerprint density at radius 1 is 0.833 bits per heavy atom. The molecule has 0 saturated carbocycles. The van der Waals surface area contributed by atoms with Crippen LogP contribution in [0.3, 0.4) is 0 Å². The highest BCUT2D eigenvalue weighted by Gasteiger charge is 2.16. The van der Waals surface area contributed by atoms with Crippen molar-refractivity contribution in [2.24, 2.45) is 0 Å². The van der Waals surface area contributed by atoms with Gasteiger partial charge in [0.05, 0.1) is 27.0 Å². The summed E-state index contributed by atoms with van der Waals surface area (Å²) < 4.78 is 15.5. The summed E-state index contributed by atoms with van der Waals surface area (Å²) in [7, 11) is 4.68. The molecule has 0 aliphatic heterocycles. The number of nitrogens with two attached hydrogens (primary N) is 1. The molecule has 0 aliphatic rings. The van der Waals surface area contributed by atoms with E-state index >= 15 is 0 Å². The van der Waals surface area contributed by atoms with E-state index in [1.807, 2.05) is 40.7 Å². The molecule has 0 aromatic heterocycles. The Morgan fingerprint density at radius 3 is 1.61 bits per heavy atom. The van der Waals surface area contributed by atoms with Crippen LogP contribution in [0.25, 0.3) is 0 Å². The molecule has 1 rings (SSSR count). The molecule has 0 aliphatic carbocycles. The van der Waals surface area contributed by atoms with Crippen molar-refractivity contribution in [2.45, 2.75) is 34.6 Å². The van der Waals surface area contributed by atoms with Gasteiger partial charge in [-0.1, -0.05) is 27.7 Å². The van der Waals surface area contributed by atoms with Crippen LogP contribution in [-0.2, 0) is 0 Å². The van der Waals surface area contributed by atoms with Crippen LogP contribution in [0.5, 0.6) is 17.2 Å². The zero-order chi connectivity index (χ0) is 14.7. The van der Waals surface area contributed by atoms with E-state index in [0.29, 0.717) is 22.9 Å². The molecule has 0 fully saturated rings. The van der Waals surface area contributed by atoms with Gasteiger partial charge in [0.25, 0.3) is 0 Å². The first kappa shape index (κ1) is 18.8. The van der Waals surface area contributed by atoms with Gasteiger partial charge in [0.15, 0.2) is 11.5 Å². The van der Waals surface area contributed by atoms with E-state index < -0.39 is 0 Å². The van der Waals surface area contributed by atoms with Gasteiger partial charge >= 0.3 is 0 Å². The number of ether oxygens (including phenoxy) is 3. The van der Waals surface area contributed by atoms with Gasteiger partial charge in [-0.3, -0.25) is 0 Å². The Balaban J connectivity index is 0. The van der Waals surface area contributed by atoms with Crippen molar-refractivity contribution in [2.75, 3.05) is 27.1 Å². The van der Waals surface area contributed by atoms with Crippen LogP contribution in [0.2, 0.25) is 0 Å². The first-order chi connectivity index (χ1) is 8.65. The third kappa shape index (κ3) is 4.35. The van der Waals surface area contributed by atoms with Crippen molar-refractivity contribution in [3.05, 3.63) is 11.6 Å². The van der Waals surface area contributed by atoms with Gasteiger partial charge < -0.3 is 19.9 Å². The zero-order valence-electron chi connectivity index (χ0n) is 12.9. The van der Waals surface area contributed by atoms with Crippen LogP contribution in [0.1, 0.15) is 33.3 Å². The molecule has 4 nitrogen and oxygen atoms in total. The summed E-state index contributed by atoms with van der Waals surface area (Å²) in [6, 6.07) is 1.82. The number of hydrogen-bond acceptors (Lipinski definition) is 4. The Labute approximate surface area is 111 Å². The molecule has 106 valence electrons. The summed E-state index contributed by atoms with van der Waals surface area (Å²) in [6.45, 7) is 9.89. The lowest BCUT2D eigenvalue weighted by Gasteiger charge is -2.15. The Bertz CT molecular complexity index is 338. The van der Waals surface area contributed by atoms with Crippen molar-refractivity contribution in [3.8, 4) is 17.2 Å². The minimum absolute atomic E-state index is 0.518. The average molecular weight is 257 g/mol. The number of rotatable bonds is 3. The number of methoxy groups -OCH3 is 3. The second-order valence-electron chi connectivity index (χ2n) is 2.88. The molecule has 0 amide bonds. The van der Waals surface area contributed by atoms with Crippen molar-refractivity contribution in [1.29, 1.82) is 0 Å². The maximum atomic E-state index is 5.83. The van der Waals surface area contributed by atoms with Crippen LogP contribution in [0.4, 0.5) is 5.69 Å². The first-order valence-electron chi connectivity index (χ1n) is 6.20. The van der Waals surface area contributed by atoms with Crippen LogP contribution >= 0.6 is 0 Å². The average Bonchev–Trinajstić information content (AvgIpc) is 2.45. The van der Waals surface area contributed by atoms with Crippen molar-refractivity contribution in [3.63, 3.8) is 0 Å². The highest BCUT2D eigenvalue weighted by atomic mass is 16.5. The summed E-state index contributed by atoms with van der Waals surface area (Å²) in [5, 5.41) is 0. The SMILES string of the molecule is CC.CC.COc1cc(C)c(N)c(OC)c1OC. The number of aryl methyl sites for hydroxylation is 1. The fourth-order valence-electron chi connectivity index (χ4n) is 1.30. The van der Waals surface area contributed by atoms with E-state index in [0.717, 1.165) is 5.56 Å². The number of hydrogen-bond donors (Lipinski definition) is 1. The third-order valence-electron chi connectivity index (χ3n) is 2.08. The summed E-state index contributed by atoms with van der Waals surface area (Å²) in [6.07, 6.45) is 0. The molecule has 1 aromatic carbocycles. The first-order valence-corrected chi connectivity index (χ1v) is 6.20. The van der Waals surface area contributed by atoms with E-state index in [4.69, 9.17) is 19.9 Å². The lowest BCUT2D eigenvalue weighted by molar-refractivity contribution is 0.325. The molecule has 0 atom stereocenters. The third-order valence-corrected chi connectivity index (χ3v) is 2.08. The molecule has 0 unspecified atom stereocenters. The topological polar surface area (TPSA) is 53.7 Å². The lowest BCUT2D eigenvalue weighted by Crippen LogP contribution is -2.00. The van der Waals surface area contributed by atoms with Gasteiger partial charge in [0.1, 0.15) is 0 Å². The van der Waals surface area contributed by atoms with Crippen molar-refractivity contribution in [1.82, 2.24) is 0 Å². The minimum atomic E-state index is 0.518. The molecule has 0 saturated heterocycles. The summed E-state index contributed by atoms with van der Waals surface area (Å²) in [5.41, 5.74) is 7.31. The predicted molar refractivity (Wildman–Crippen MR) is 77.9 cm³/mol. The Hall–Kier alpha value is -1.58. The van der Waals surface area contributed by atoms with Gasteiger partial charge in [0, 0.05) is 0 Å². The van der Waals surface area contributed by atoms with E-state index in [-0.39, 0.29) is 0 Å². The van der Waals surface area contributed by atoms with Gasteiger partial charge in [0.2, 0.25) is 5.75 Å². The normalized spacial score (nSPS) is 8.22. The smallest absolute Gasteiger partial charge is 0.205 e. The van der Waals surface area contributed by atoms with Crippen molar-refractivity contribution >= 4 is 5.69 Å². The van der Waals surface area contributed by atoms with Gasteiger partial charge in [-0.15, -0.1) is 0 Å². The fourth-order valence-corrected chi connectivity index (χ4v) is 1.30. The molecular formula is C14H27NO3. The molecule has 4 heteroatoms. The molecular weight excluding hydrogens is 230 g/mol. The molecule has 0 spiro atoms. The number of nitrogen functional groups attached to an aromatic ring is 1. The maximum Gasteiger partial charge on any atom is 0.205 e. The van der Waals surface area contributed by atoms with Crippen LogP contribution in [0.15, 0.2) is 6.07 Å². The monoisotopic (exact) mass is 257 g/mol. The summed E-state index contributed by atoms with van der Waals surface area (Å²) in [5.74, 6) is 1.67. The molecule has 0 heterocycles. The summed E-state index contributed by atoms with van der Waals surface area (Å²) >= 11 is 0. The highest BCUT2D eigenvalue weighted by Crippen LogP contribution is 2.43. The predicted octanol–water partition coefficient (Wildman–Crippen LogP) is 3.66. The second-order valence-corrected chi connectivity index (χ2v) is 2.88. The maximum absolute atomic E-state index is 5.83. The van der Waals surface area contributed by atoms with Crippen molar-refractivity contribution < 1.29 is 14.2 Å². The van der Waals surface area contributed by atoms with Crippen LogP contribution in [-0.4, -0.2) is 21.3 Å². The zero-order valence-corrected chi connectivity index (χ0v) is 12.9.